The minimum atomic E-state index is -3.19. The van der Waals surface area contributed by atoms with Crippen LogP contribution in [0.25, 0.3) is 11.1 Å². The Kier molecular flexibility index (Phi) is 4.87. The number of aromatic nitrogens is 1. The number of hydrogen-bond acceptors (Lipinski definition) is 4. The van der Waals surface area contributed by atoms with Crippen LogP contribution in [-0.4, -0.2) is 48.1 Å². The molecule has 1 aliphatic rings. The van der Waals surface area contributed by atoms with Crippen LogP contribution >= 0.6 is 0 Å². The zero-order chi connectivity index (χ0) is 18.0. The molecule has 6 nitrogen and oxygen atoms in total. The van der Waals surface area contributed by atoms with Crippen LogP contribution in [0.5, 0.6) is 0 Å². The number of piperidine rings is 1. The predicted molar refractivity (Wildman–Crippen MR) is 95.0 cm³/mol. The number of aromatic carboxylic acids is 1. The van der Waals surface area contributed by atoms with Crippen LogP contribution in [0.15, 0.2) is 42.6 Å². The molecule has 1 aromatic carbocycles. The van der Waals surface area contributed by atoms with Gasteiger partial charge in [-0.25, -0.2) is 17.5 Å². The second-order valence-corrected chi connectivity index (χ2v) is 8.27. The molecule has 0 amide bonds. The number of carboxylic acids is 1. The van der Waals surface area contributed by atoms with Gasteiger partial charge >= 0.3 is 5.97 Å². The Labute approximate surface area is 147 Å². The summed E-state index contributed by atoms with van der Waals surface area (Å²) in [6, 6.07) is 10.5. The summed E-state index contributed by atoms with van der Waals surface area (Å²) in [7, 11) is -3.19. The molecule has 1 N–H and O–H groups in total. The summed E-state index contributed by atoms with van der Waals surface area (Å²) < 4.78 is 25.0. The van der Waals surface area contributed by atoms with Crippen molar-refractivity contribution in [3.8, 4) is 11.1 Å². The zero-order valence-corrected chi connectivity index (χ0v) is 14.7. The lowest BCUT2D eigenvalue weighted by atomic mass is 9.94. The van der Waals surface area contributed by atoms with E-state index in [0.717, 1.165) is 24.1 Å². The number of sulfonamides is 1. The molecule has 1 fully saturated rings. The molecule has 25 heavy (non-hydrogen) atoms. The van der Waals surface area contributed by atoms with Gasteiger partial charge in [-0.1, -0.05) is 24.3 Å². The first-order chi connectivity index (χ1) is 11.9. The largest absolute Gasteiger partial charge is 0.478 e. The highest BCUT2D eigenvalue weighted by Gasteiger charge is 2.27. The van der Waals surface area contributed by atoms with E-state index < -0.39 is 16.0 Å². The standard InChI is InChI=1S/C18H20N2O4S/c1-25(23,24)20-10-4-5-14(12-20)17-9-8-13(11-19-17)15-6-2-3-7-16(15)18(21)22/h2-3,6-9,11,14H,4-5,10,12H2,1H3,(H,21,22). The highest BCUT2D eigenvalue weighted by Crippen LogP contribution is 2.29. The SMILES string of the molecule is CS(=O)(=O)N1CCCC(c2ccc(-c3ccccc3C(=O)O)cn2)C1. The topological polar surface area (TPSA) is 87.6 Å². The van der Waals surface area contributed by atoms with Gasteiger partial charge in [-0.15, -0.1) is 0 Å². The van der Waals surface area contributed by atoms with Crippen molar-refractivity contribution in [2.75, 3.05) is 19.3 Å². The Hall–Kier alpha value is -2.25. The highest BCUT2D eigenvalue weighted by atomic mass is 32.2. The van der Waals surface area contributed by atoms with Crippen LogP contribution in [0, 0.1) is 0 Å². The lowest BCUT2D eigenvalue weighted by molar-refractivity contribution is 0.0697. The number of pyridine rings is 1. The van der Waals surface area contributed by atoms with Gasteiger partial charge in [-0.2, -0.15) is 0 Å². The summed E-state index contributed by atoms with van der Waals surface area (Å²) in [5.74, 6) is -0.914. The lowest BCUT2D eigenvalue weighted by Crippen LogP contribution is -2.38. The van der Waals surface area contributed by atoms with Gasteiger partial charge in [0, 0.05) is 36.5 Å². The second kappa shape index (κ2) is 6.93. The molecule has 0 saturated carbocycles. The van der Waals surface area contributed by atoms with Crippen LogP contribution in [0.3, 0.4) is 0 Å². The minimum Gasteiger partial charge on any atom is -0.478 e. The van der Waals surface area contributed by atoms with Crippen molar-refractivity contribution >= 4 is 16.0 Å². The lowest BCUT2D eigenvalue weighted by Gasteiger charge is -2.30. The number of carbonyl (C=O) groups is 1. The van der Waals surface area contributed by atoms with E-state index in [2.05, 4.69) is 4.98 Å². The van der Waals surface area contributed by atoms with E-state index >= 15 is 0 Å². The first-order valence-corrected chi connectivity index (χ1v) is 9.95. The summed E-state index contributed by atoms with van der Waals surface area (Å²) in [6.45, 7) is 0.996. The molecule has 3 rings (SSSR count). The maximum absolute atomic E-state index is 11.8. The van der Waals surface area contributed by atoms with Gasteiger partial charge in [-0.3, -0.25) is 4.98 Å². The van der Waals surface area contributed by atoms with Crippen LogP contribution in [0.4, 0.5) is 0 Å². The van der Waals surface area contributed by atoms with E-state index in [1.807, 2.05) is 12.1 Å². The van der Waals surface area contributed by atoms with Crippen LogP contribution < -0.4 is 0 Å². The molecule has 1 saturated heterocycles. The third kappa shape index (κ3) is 3.88. The molecule has 1 unspecified atom stereocenters. The van der Waals surface area contributed by atoms with E-state index in [1.165, 1.54) is 10.6 Å². The molecular weight excluding hydrogens is 340 g/mol. The Morgan fingerprint density at radius 3 is 2.64 bits per heavy atom. The fourth-order valence-corrected chi connectivity index (χ4v) is 4.12. The first-order valence-electron chi connectivity index (χ1n) is 8.10. The molecule has 7 heteroatoms. The van der Waals surface area contributed by atoms with Crippen molar-refractivity contribution in [1.82, 2.24) is 9.29 Å². The molecule has 0 spiro atoms. The third-order valence-corrected chi connectivity index (χ3v) is 5.80. The summed E-state index contributed by atoms with van der Waals surface area (Å²) in [6.07, 6.45) is 4.60. The van der Waals surface area contributed by atoms with E-state index in [0.29, 0.717) is 18.7 Å². The van der Waals surface area contributed by atoms with Crippen molar-refractivity contribution in [1.29, 1.82) is 0 Å². The average Bonchev–Trinajstić information content (AvgIpc) is 2.61. The fraction of sp³-hybridized carbons (Fsp3) is 0.333. The molecule has 0 radical (unpaired) electrons. The van der Waals surface area contributed by atoms with E-state index in [1.54, 1.807) is 30.5 Å². The van der Waals surface area contributed by atoms with Crippen molar-refractivity contribution in [2.45, 2.75) is 18.8 Å². The summed E-state index contributed by atoms with van der Waals surface area (Å²) >= 11 is 0. The maximum atomic E-state index is 11.8. The van der Waals surface area contributed by atoms with Crippen LogP contribution in [-0.2, 0) is 10.0 Å². The molecule has 1 aromatic heterocycles. The predicted octanol–water partition coefficient (Wildman–Crippen LogP) is 2.59. The third-order valence-electron chi connectivity index (χ3n) is 4.53. The van der Waals surface area contributed by atoms with Crippen molar-refractivity contribution in [2.24, 2.45) is 0 Å². The summed E-state index contributed by atoms with van der Waals surface area (Å²) in [4.78, 5) is 15.8. The molecule has 2 aromatic rings. The maximum Gasteiger partial charge on any atom is 0.336 e. The Balaban J connectivity index is 1.85. The molecule has 132 valence electrons. The van der Waals surface area contributed by atoms with Gasteiger partial charge in [0.05, 0.1) is 11.8 Å². The van der Waals surface area contributed by atoms with Gasteiger partial charge in [0.15, 0.2) is 0 Å². The summed E-state index contributed by atoms with van der Waals surface area (Å²) in [5.41, 5.74) is 2.43. The quantitative estimate of drug-likeness (QED) is 0.905. The Morgan fingerprint density at radius 2 is 2.00 bits per heavy atom. The van der Waals surface area contributed by atoms with Gasteiger partial charge in [0.2, 0.25) is 10.0 Å². The normalized spacial score (nSPS) is 18.8. The number of benzene rings is 1. The number of rotatable bonds is 4. The highest BCUT2D eigenvalue weighted by molar-refractivity contribution is 7.88. The van der Waals surface area contributed by atoms with E-state index in [-0.39, 0.29) is 11.5 Å². The molecule has 1 aliphatic heterocycles. The van der Waals surface area contributed by atoms with Gasteiger partial charge < -0.3 is 5.11 Å². The Morgan fingerprint density at radius 1 is 1.24 bits per heavy atom. The zero-order valence-electron chi connectivity index (χ0n) is 13.9. The molecule has 0 bridgehead atoms. The molecule has 2 heterocycles. The average molecular weight is 360 g/mol. The monoisotopic (exact) mass is 360 g/mol. The van der Waals surface area contributed by atoms with Gasteiger partial charge in [-0.05, 0) is 30.5 Å². The van der Waals surface area contributed by atoms with Gasteiger partial charge in [0.25, 0.3) is 0 Å². The van der Waals surface area contributed by atoms with E-state index in [4.69, 9.17) is 0 Å². The van der Waals surface area contributed by atoms with E-state index in [9.17, 15) is 18.3 Å². The van der Waals surface area contributed by atoms with Crippen molar-refractivity contribution in [3.63, 3.8) is 0 Å². The molecule has 0 aliphatic carbocycles. The molecular formula is C18H20N2O4S. The van der Waals surface area contributed by atoms with Gasteiger partial charge in [0.1, 0.15) is 0 Å². The smallest absolute Gasteiger partial charge is 0.336 e. The second-order valence-electron chi connectivity index (χ2n) is 6.28. The fourth-order valence-electron chi connectivity index (χ4n) is 3.21. The number of nitrogens with zero attached hydrogens (tertiary/aromatic N) is 2. The number of carboxylic acid groups (broad SMARTS) is 1. The Bertz CT molecular complexity index is 878. The number of hydrogen-bond donors (Lipinski definition) is 1. The minimum absolute atomic E-state index is 0.0623. The first kappa shape index (κ1) is 17.6. The van der Waals surface area contributed by atoms with Crippen LogP contribution in [0.1, 0.15) is 34.8 Å². The van der Waals surface area contributed by atoms with Crippen molar-refractivity contribution < 1.29 is 18.3 Å². The van der Waals surface area contributed by atoms with Crippen molar-refractivity contribution in [3.05, 3.63) is 53.9 Å². The van der Waals surface area contributed by atoms with Crippen LogP contribution in [0.2, 0.25) is 0 Å². The molecule has 1 atom stereocenters. The summed E-state index contributed by atoms with van der Waals surface area (Å²) in [5, 5.41) is 9.31.